The summed E-state index contributed by atoms with van der Waals surface area (Å²) in [5.74, 6) is -0.975. The van der Waals surface area contributed by atoms with Crippen molar-refractivity contribution in [2.45, 2.75) is 19.4 Å². The molecular weight excluding hydrogens is 372 g/mol. The summed E-state index contributed by atoms with van der Waals surface area (Å²) in [5, 5.41) is 24.0. The molecule has 0 fully saturated rings. The van der Waals surface area contributed by atoms with Crippen LogP contribution in [-0.2, 0) is 11.3 Å². The number of amides is 1. The molecule has 1 heterocycles. The molecule has 0 aliphatic heterocycles. The smallest absolute Gasteiger partial charge is 0.407 e. The summed E-state index contributed by atoms with van der Waals surface area (Å²) in [6, 6.07) is 9.30. The van der Waals surface area contributed by atoms with Crippen molar-refractivity contribution < 1.29 is 19.1 Å². The van der Waals surface area contributed by atoms with Crippen molar-refractivity contribution in [2.75, 3.05) is 5.32 Å². The molecule has 144 valence electrons. The quantitative estimate of drug-likeness (QED) is 0.484. The number of carbonyl (C=O) groups is 1. The summed E-state index contributed by atoms with van der Waals surface area (Å²) >= 11 is 0. The number of fused-ring (bicyclic) bond motifs is 1. The molecule has 3 rings (SSSR count). The standard InChI is InChI=1S/C17H14N4O7/c22-16(18-11-3-5-12(6-4-11)20(24)25)2-1-9-19-14-8-7-13(21(26)27)10-15(14)28-17(19)23/h3-8,10H,1-2,9H2,(H,18,22). The number of nitro benzene ring substituents is 2. The monoisotopic (exact) mass is 386 g/mol. The predicted molar refractivity (Wildman–Crippen MR) is 98.1 cm³/mol. The van der Waals surface area contributed by atoms with Gasteiger partial charge in [-0.3, -0.25) is 29.6 Å². The first kappa shape index (κ1) is 18.8. The third-order valence-electron chi connectivity index (χ3n) is 4.01. The van der Waals surface area contributed by atoms with Gasteiger partial charge < -0.3 is 9.73 Å². The van der Waals surface area contributed by atoms with Crippen molar-refractivity contribution in [3.8, 4) is 0 Å². The fraction of sp³-hybridized carbons (Fsp3) is 0.176. The van der Waals surface area contributed by atoms with E-state index in [-0.39, 0.29) is 35.8 Å². The first-order valence-electron chi connectivity index (χ1n) is 8.17. The molecule has 0 saturated heterocycles. The van der Waals surface area contributed by atoms with Gasteiger partial charge in [0.1, 0.15) is 0 Å². The normalized spacial score (nSPS) is 10.7. The molecule has 1 N–H and O–H groups in total. The van der Waals surface area contributed by atoms with E-state index in [4.69, 9.17) is 4.42 Å². The van der Waals surface area contributed by atoms with E-state index in [2.05, 4.69) is 5.32 Å². The predicted octanol–water partition coefficient (Wildman–Crippen LogP) is 2.83. The van der Waals surface area contributed by atoms with Gasteiger partial charge in [0.05, 0.1) is 21.4 Å². The van der Waals surface area contributed by atoms with Gasteiger partial charge in [-0.1, -0.05) is 0 Å². The summed E-state index contributed by atoms with van der Waals surface area (Å²) in [5.41, 5.74) is 0.676. The lowest BCUT2D eigenvalue weighted by molar-refractivity contribution is -0.385. The highest BCUT2D eigenvalue weighted by Gasteiger charge is 2.14. The molecule has 0 unspecified atom stereocenters. The second-order valence-electron chi connectivity index (χ2n) is 5.88. The molecule has 11 nitrogen and oxygen atoms in total. The average Bonchev–Trinajstić information content (AvgIpc) is 2.96. The van der Waals surface area contributed by atoms with E-state index in [1.807, 2.05) is 0 Å². The van der Waals surface area contributed by atoms with Crippen LogP contribution in [0.5, 0.6) is 0 Å². The number of rotatable bonds is 7. The van der Waals surface area contributed by atoms with Crippen molar-refractivity contribution in [1.82, 2.24) is 4.57 Å². The Morgan fingerprint density at radius 3 is 2.32 bits per heavy atom. The van der Waals surface area contributed by atoms with Gasteiger partial charge in [0, 0.05) is 36.9 Å². The lowest BCUT2D eigenvalue weighted by Gasteiger charge is -2.05. The Hall–Kier alpha value is -4.02. The van der Waals surface area contributed by atoms with Crippen molar-refractivity contribution >= 4 is 34.1 Å². The van der Waals surface area contributed by atoms with Crippen LogP contribution in [0.4, 0.5) is 17.1 Å². The highest BCUT2D eigenvalue weighted by atomic mass is 16.6. The number of anilines is 1. The molecule has 0 spiro atoms. The van der Waals surface area contributed by atoms with Gasteiger partial charge in [-0.05, 0) is 24.6 Å². The summed E-state index contributed by atoms with van der Waals surface area (Å²) in [4.78, 5) is 44.2. The molecule has 0 aliphatic carbocycles. The van der Waals surface area contributed by atoms with Crippen LogP contribution in [0.3, 0.4) is 0 Å². The Labute approximate surface area is 156 Å². The zero-order chi connectivity index (χ0) is 20.3. The van der Waals surface area contributed by atoms with Gasteiger partial charge in [-0.2, -0.15) is 0 Å². The number of nitrogens with one attached hydrogen (secondary N) is 1. The number of hydrogen-bond donors (Lipinski definition) is 1. The lowest BCUT2D eigenvalue weighted by atomic mass is 10.2. The van der Waals surface area contributed by atoms with Crippen molar-refractivity contribution in [1.29, 1.82) is 0 Å². The number of nitrogens with zero attached hydrogens (tertiary/aromatic N) is 3. The van der Waals surface area contributed by atoms with Gasteiger partial charge in [0.25, 0.3) is 11.4 Å². The number of oxazole rings is 1. The number of aryl methyl sites for hydroxylation is 1. The van der Waals surface area contributed by atoms with Gasteiger partial charge in [0.2, 0.25) is 5.91 Å². The zero-order valence-corrected chi connectivity index (χ0v) is 14.4. The lowest BCUT2D eigenvalue weighted by Crippen LogP contribution is -2.17. The summed E-state index contributed by atoms with van der Waals surface area (Å²) in [7, 11) is 0. The van der Waals surface area contributed by atoms with Crippen molar-refractivity contribution in [2.24, 2.45) is 0 Å². The molecule has 1 amide bonds. The van der Waals surface area contributed by atoms with Gasteiger partial charge in [-0.15, -0.1) is 0 Å². The Morgan fingerprint density at radius 1 is 1.04 bits per heavy atom. The van der Waals surface area contributed by atoms with Crippen LogP contribution < -0.4 is 11.1 Å². The first-order valence-corrected chi connectivity index (χ1v) is 8.17. The topological polar surface area (TPSA) is 151 Å². The minimum atomic E-state index is -0.661. The molecule has 0 saturated carbocycles. The second-order valence-corrected chi connectivity index (χ2v) is 5.88. The highest BCUT2D eigenvalue weighted by molar-refractivity contribution is 5.90. The second kappa shape index (κ2) is 7.70. The number of non-ortho nitro benzene ring substituents is 2. The van der Waals surface area contributed by atoms with Crippen LogP contribution in [0, 0.1) is 20.2 Å². The minimum Gasteiger partial charge on any atom is -0.407 e. The summed E-state index contributed by atoms with van der Waals surface area (Å²) in [6.45, 7) is 0.192. The Morgan fingerprint density at radius 2 is 1.68 bits per heavy atom. The van der Waals surface area contributed by atoms with E-state index in [9.17, 15) is 29.8 Å². The van der Waals surface area contributed by atoms with Crippen LogP contribution in [0.2, 0.25) is 0 Å². The van der Waals surface area contributed by atoms with E-state index >= 15 is 0 Å². The number of nitro groups is 2. The Balaban J connectivity index is 1.60. The number of hydrogen-bond acceptors (Lipinski definition) is 7. The molecule has 28 heavy (non-hydrogen) atoms. The maximum absolute atomic E-state index is 12.0. The number of carbonyl (C=O) groups excluding carboxylic acids is 1. The molecule has 1 aromatic heterocycles. The largest absolute Gasteiger partial charge is 0.419 e. The maximum atomic E-state index is 12.0. The fourth-order valence-corrected chi connectivity index (χ4v) is 2.67. The van der Waals surface area contributed by atoms with Gasteiger partial charge in [-0.25, -0.2) is 4.79 Å². The van der Waals surface area contributed by atoms with Crippen LogP contribution in [-0.4, -0.2) is 20.3 Å². The molecular formula is C17H14N4O7. The molecule has 0 bridgehead atoms. The van der Waals surface area contributed by atoms with E-state index < -0.39 is 15.6 Å². The molecule has 3 aromatic rings. The van der Waals surface area contributed by atoms with E-state index in [0.717, 1.165) is 0 Å². The molecule has 11 heteroatoms. The Bertz CT molecular complexity index is 1110. The van der Waals surface area contributed by atoms with E-state index in [1.165, 1.54) is 47.0 Å². The van der Waals surface area contributed by atoms with Crippen LogP contribution >= 0.6 is 0 Å². The fourth-order valence-electron chi connectivity index (χ4n) is 2.67. The van der Waals surface area contributed by atoms with Gasteiger partial charge >= 0.3 is 5.76 Å². The SMILES string of the molecule is O=C(CCCn1c(=O)oc2cc([N+](=O)[O-])ccc21)Nc1ccc([N+](=O)[O-])cc1. The first-order chi connectivity index (χ1) is 13.3. The summed E-state index contributed by atoms with van der Waals surface area (Å²) < 4.78 is 6.32. The molecule has 0 atom stereocenters. The van der Waals surface area contributed by atoms with Crippen LogP contribution in [0.25, 0.3) is 11.1 Å². The van der Waals surface area contributed by atoms with Crippen molar-refractivity contribution in [3.63, 3.8) is 0 Å². The maximum Gasteiger partial charge on any atom is 0.419 e. The Kier molecular flexibility index (Phi) is 5.16. The zero-order valence-electron chi connectivity index (χ0n) is 14.4. The van der Waals surface area contributed by atoms with E-state index in [1.54, 1.807) is 0 Å². The number of benzene rings is 2. The molecule has 0 radical (unpaired) electrons. The van der Waals surface area contributed by atoms with Gasteiger partial charge in [0.15, 0.2) is 5.58 Å². The number of aromatic nitrogens is 1. The average molecular weight is 386 g/mol. The summed E-state index contributed by atoms with van der Waals surface area (Å²) in [6.07, 6.45) is 0.424. The molecule has 0 aliphatic rings. The van der Waals surface area contributed by atoms with E-state index in [0.29, 0.717) is 17.6 Å². The van der Waals surface area contributed by atoms with Crippen LogP contribution in [0.1, 0.15) is 12.8 Å². The van der Waals surface area contributed by atoms with Crippen molar-refractivity contribution in [3.05, 3.63) is 73.2 Å². The molecule has 2 aromatic carbocycles. The third kappa shape index (κ3) is 4.03. The minimum absolute atomic E-state index is 0.0792. The third-order valence-corrected chi connectivity index (χ3v) is 4.01. The highest BCUT2D eigenvalue weighted by Crippen LogP contribution is 2.20. The van der Waals surface area contributed by atoms with Crippen LogP contribution in [0.15, 0.2) is 51.7 Å².